The van der Waals surface area contributed by atoms with Crippen molar-refractivity contribution in [2.45, 2.75) is 65.6 Å². The van der Waals surface area contributed by atoms with E-state index < -0.39 is 28.5 Å². The highest BCUT2D eigenvalue weighted by Crippen LogP contribution is 2.26. The lowest BCUT2D eigenvalue weighted by Gasteiger charge is -2.33. The zero-order valence-corrected chi connectivity index (χ0v) is 23.9. The Balaban J connectivity index is 2.47. The van der Waals surface area contributed by atoms with Crippen LogP contribution >= 0.6 is 23.2 Å². The first-order chi connectivity index (χ1) is 16.7. The van der Waals surface area contributed by atoms with Crippen LogP contribution < -0.4 is 9.62 Å². The van der Waals surface area contributed by atoms with Crippen LogP contribution in [0.25, 0.3) is 0 Å². The summed E-state index contributed by atoms with van der Waals surface area (Å²) in [5, 5.41) is 3.65. The smallest absolute Gasteiger partial charge is 0.244 e. The first-order valence-electron chi connectivity index (χ1n) is 11.9. The van der Waals surface area contributed by atoms with E-state index >= 15 is 0 Å². The van der Waals surface area contributed by atoms with E-state index in [1.54, 1.807) is 37.3 Å². The molecular weight excluding hydrogens is 521 g/mol. The largest absolute Gasteiger partial charge is 0.352 e. The van der Waals surface area contributed by atoms with Crippen LogP contribution in [0.3, 0.4) is 0 Å². The van der Waals surface area contributed by atoms with Gasteiger partial charge in [0.05, 0.1) is 11.9 Å². The second-order valence-corrected chi connectivity index (χ2v) is 12.1. The highest BCUT2D eigenvalue weighted by atomic mass is 35.5. The van der Waals surface area contributed by atoms with Gasteiger partial charge in [-0.3, -0.25) is 13.9 Å². The maximum atomic E-state index is 13.7. The number of hydrogen-bond acceptors (Lipinski definition) is 4. The van der Waals surface area contributed by atoms with Crippen LogP contribution in [-0.2, 0) is 26.2 Å². The summed E-state index contributed by atoms with van der Waals surface area (Å²) in [6.07, 6.45) is 1.39. The molecule has 0 aliphatic heterocycles. The molecule has 36 heavy (non-hydrogen) atoms. The first kappa shape index (κ1) is 29.9. The Labute approximate surface area is 224 Å². The minimum absolute atomic E-state index is 0.0166. The third kappa shape index (κ3) is 8.11. The van der Waals surface area contributed by atoms with E-state index in [9.17, 15) is 18.0 Å². The number of hydrogen-bond donors (Lipinski definition) is 1. The van der Waals surface area contributed by atoms with Crippen molar-refractivity contribution >= 4 is 50.7 Å². The molecule has 0 bridgehead atoms. The molecule has 10 heteroatoms. The summed E-state index contributed by atoms with van der Waals surface area (Å²) in [7, 11) is -3.80. The van der Waals surface area contributed by atoms with E-state index in [1.165, 1.54) is 4.90 Å². The average Bonchev–Trinajstić information content (AvgIpc) is 2.77. The van der Waals surface area contributed by atoms with Gasteiger partial charge in [0.1, 0.15) is 12.6 Å². The molecule has 2 aromatic carbocycles. The zero-order valence-electron chi connectivity index (χ0n) is 21.6. The Morgan fingerprint density at radius 2 is 1.61 bits per heavy atom. The molecule has 0 saturated heterocycles. The lowest BCUT2D eigenvalue weighted by molar-refractivity contribution is -0.140. The second kappa shape index (κ2) is 12.8. The Bertz CT molecular complexity index is 1170. The summed E-state index contributed by atoms with van der Waals surface area (Å²) in [5.41, 5.74) is 2.02. The summed E-state index contributed by atoms with van der Waals surface area (Å²) in [5.74, 6) is -0.569. The maximum absolute atomic E-state index is 13.7. The van der Waals surface area contributed by atoms with Gasteiger partial charge >= 0.3 is 0 Å². The monoisotopic (exact) mass is 555 g/mol. The second-order valence-electron chi connectivity index (χ2n) is 9.36. The topological polar surface area (TPSA) is 86.8 Å². The molecule has 0 saturated carbocycles. The summed E-state index contributed by atoms with van der Waals surface area (Å²) in [4.78, 5) is 28.1. The van der Waals surface area contributed by atoms with Crippen LogP contribution in [0.4, 0.5) is 5.69 Å². The van der Waals surface area contributed by atoms with Crippen molar-refractivity contribution in [2.75, 3.05) is 17.1 Å². The van der Waals surface area contributed by atoms with Gasteiger partial charge in [-0.15, -0.1) is 0 Å². The SMILES string of the molecule is CCC(C(=O)NC(C)C)N(Cc1ccc(Cl)cc1Cl)C(=O)CN(c1ccc(C(C)C)cc1)S(C)(=O)=O. The van der Waals surface area contributed by atoms with E-state index in [-0.39, 0.29) is 24.4 Å². The number of anilines is 1. The van der Waals surface area contributed by atoms with Crippen LogP contribution in [0.2, 0.25) is 10.0 Å². The quantitative estimate of drug-likeness (QED) is 0.412. The van der Waals surface area contributed by atoms with Crippen molar-refractivity contribution in [3.8, 4) is 0 Å². The van der Waals surface area contributed by atoms with Crippen molar-refractivity contribution in [3.63, 3.8) is 0 Å². The lowest BCUT2D eigenvalue weighted by Crippen LogP contribution is -2.53. The fraction of sp³-hybridized carbons (Fsp3) is 0.462. The number of carbonyl (C=O) groups is 2. The summed E-state index contributed by atoms with van der Waals surface area (Å²) >= 11 is 12.4. The molecule has 0 aromatic heterocycles. The summed E-state index contributed by atoms with van der Waals surface area (Å²) in [6.45, 7) is 9.10. The summed E-state index contributed by atoms with van der Waals surface area (Å²) < 4.78 is 26.5. The molecule has 2 rings (SSSR count). The van der Waals surface area contributed by atoms with E-state index in [1.807, 2.05) is 39.8 Å². The van der Waals surface area contributed by atoms with E-state index in [0.717, 1.165) is 16.1 Å². The minimum Gasteiger partial charge on any atom is -0.352 e. The van der Waals surface area contributed by atoms with Gasteiger partial charge in [-0.2, -0.15) is 0 Å². The van der Waals surface area contributed by atoms with Gasteiger partial charge in [0, 0.05) is 22.6 Å². The minimum atomic E-state index is -3.80. The van der Waals surface area contributed by atoms with E-state index in [0.29, 0.717) is 27.7 Å². The zero-order chi connectivity index (χ0) is 27.2. The van der Waals surface area contributed by atoms with Gasteiger partial charge < -0.3 is 10.2 Å². The number of amides is 2. The fourth-order valence-electron chi connectivity index (χ4n) is 3.77. The molecule has 1 atom stereocenters. The molecule has 198 valence electrons. The Kier molecular flexibility index (Phi) is 10.6. The molecule has 1 unspecified atom stereocenters. The fourth-order valence-corrected chi connectivity index (χ4v) is 5.09. The van der Waals surface area contributed by atoms with Crippen molar-refractivity contribution in [1.29, 1.82) is 0 Å². The predicted molar refractivity (Wildman–Crippen MR) is 147 cm³/mol. The lowest BCUT2D eigenvalue weighted by atomic mass is 10.0. The molecule has 0 heterocycles. The van der Waals surface area contributed by atoms with Crippen LogP contribution in [-0.4, -0.2) is 50.0 Å². The maximum Gasteiger partial charge on any atom is 0.244 e. The van der Waals surface area contributed by atoms with Gasteiger partial charge in [0.2, 0.25) is 21.8 Å². The molecule has 0 aliphatic carbocycles. The number of nitrogens with zero attached hydrogens (tertiary/aromatic N) is 2. The van der Waals surface area contributed by atoms with Gasteiger partial charge in [-0.1, -0.05) is 62.2 Å². The Morgan fingerprint density at radius 3 is 2.08 bits per heavy atom. The normalized spacial score (nSPS) is 12.5. The number of halogens is 2. The van der Waals surface area contributed by atoms with Gasteiger partial charge in [-0.25, -0.2) is 8.42 Å². The average molecular weight is 557 g/mol. The number of benzene rings is 2. The molecule has 0 radical (unpaired) electrons. The van der Waals surface area contributed by atoms with E-state index in [2.05, 4.69) is 5.32 Å². The third-order valence-electron chi connectivity index (χ3n) is 5.70. The van der Waals surface area contributed by atoms with Crippen molar-refractivity contribution in [2.24, 2.45) is 0 Å². The number of carbonyl (C=O) groups excluding carboxylic acids is 2. The van der Waals surface area contributed by atoms with Crippen molar-refractivity contribution < 1.29 is 18.0 Å². The molecular formula is C26H35Cl2N3O4S. The van der Waals surface area contributed by atoms with Crippen LogP contribution in [0.15, 0.2) is 42.5 Å². The van der Waals surface area contributed by atoms with E-state index in [4.69, 9.17) is 23.2 Å². The first-order valence-corrected chi connectivity index (χ1v) is 14.5. The standard InChI is InChI=1S/C26H35Cl2N3O4S/c1-7-24(26(33)29-18(4)5)30(15-20-8-11-21(27)14-23(20)28)25(32)16-31(36(6,34)35)22-12-9-19(10-13-22)17(2)3/h8-14,17-18,24H,7,15-16H2,1-6H3,(H,29,33). The van der Waals surface area contributed by atoms with Gasteiger partial charge in [0.25, 0.3) is 0 Å². The highest BCUT2D eigenvalue weighted by molar-refractivity contribution is 7.92. The Hall–Kier alpha value is -2.29. The van der Waals surface area contributed by atoms with Crippen molar-refractivity contribution in [3.05, 3.63) is 63.6 Å². The predicted octanol–water partition coefficient (Wildman–Crippen LogP) is 5.21. The number of sulfonamides is 1. The molecule has 7 nitrogen and oxygen atoms in total. The van der Waals surface area contributed by atoms with Gasteiger partial charge in [0.15, 0.2) is 0 Å². The molecule has 0 spiro atoms. The Morgan fingerprint density at radius 1 is 1.00 bits per heavy atom. The molecule has 0 fully saturated rings. The molecule has 2 amide bonds. The number of rotatable bonds is 11. The third-order valence-corrected chi connectivity index (χ3v) is 7.43. The molecule has 2 aromatic rings. The highest BCUT2D eigenvalue weighted by Gasteiger charge is 2.32. The van der Waals surface area contributed by atoms with Crippen LogP contribution in [0.5, 0.6) is 0 Å². The summed E-state index contributed by atoms with van der Waals surface area (Å²) in [6, 6.07) is 11.0. The van der Waals surface area contributed by atoms with Gasteiger partial charge in [-0.05, 0) is 61.6 Å². The van der Waals surface area contributed by atoms with Crippen molar-refractivity contribution in [1.82, 2.24) is 10.2 Å². The van der Waals surface area contributed by atoms with Crippen LogP contribution in [0, 0.1) is 0 Å². The van der Waals surface area contributed by atoms with Crippen LogP contribution in [0.1, 0.15) is 58.1 Å². The molecule has 1 N–H and O–H groups in total. The number of nitrogens with one attached hydrogen (secondary N) is 1. The molecule has 0 aliphatic rings.